The van der Waals surface area contributed by atoms with E-state index in [2.05, 4.69) is 15.0 Å². The van der Waals surface area contributed by atoms with Crippen LogP contribution in [0.15, 0.2) is 30.6 Å². The first-order chi connectivity index (χ1) is 18.6. The lowest BCUT2D eigenvalue weighted by Crippen LogP contribution is -2.43. The van der Waals surface area contributed by atoms with Crippen LogP contribution in [0.25, 0.3) is 22.4 Å². The third-order valence-corrected chi connectivity index (χ3v) is 7.72. The van der Waals surface area contributed by atoms with Gasteiger partial charge in [-0.1, -0.05) is 23.7 Å². The van der Waals surface area contributed by atoms with Crippen molar-refractivity contribution < 1.29 is 32.5 Å². The number of alkyl halides is 3. The number of hydrogen-bond acceptors (Lipinski definition) is 6. The highest BCUT2D eigenvalue weighted by atomic mass is 35.5. The standard InChI is InChI=1S/C27H32ClF3N4O4/c1-26(36)12-17(13-26)35-25(27(29,30)31)20(15-33-35)24-21(16-37-2)19(14-32-24)18-4-3-5-22(23(18)28)39-11-8-34-6-9-38-10-7-34/h3-5,14-15,17,32,36H,6-13,16H2,1-2H3/t17-,26+. The maximum Gasteiger partial charge on any atom is 0.433 e. The highest BCUT2D eigenvalue weighted by Gasteiger charge is 2.46. The predicted molar refractivity (Wildman–Crippen MR) is 140 cm³/mol. The van der Waals surface area contributed by atoms with Crippen molar-refractivity contribution >= 4 is 11.6 Å². The van der Waals surface area contributed by atoms with E-state index in [4.69, 9.17) is 25.8 Å². The van der Waals surface area contributed by atoms with Gasteiger partial charge < -0.3 is 24.3 Å². The predicted octanol–water partition coefficient (Wildman–Crippen LogP) is 5.16. The summed E-state index contributed by atoms with van der Waals surface area (Å²) in [6.45, 7) is 5.92. The Kier molecular flexibility index (Phi) is 7.98. The molecule has 3 aromatic rings. The molecule has 5 rings (SSSR count). The smallest absolute Gasteiger partial charge is 0.433 e. The van der Waals surface area contributed by atoms with Gasteiger partial charge in [0, 0.05) is 55.2 Å². The number of rotatable bonds is 9. The van der Waals surface area contributed by atoms with Gasteiger partial charge in [-0.3, -0.25) is 9.58 Å². The number of nitrogens with zero attached hydrogens (tertiary/aromatic N) is 3. The molecule has 212 valence electrons. The van der Waals surface area contributed by atoms with E-state index < -0.39 is 23.5 Å². The van der Waals surface area contributed by atoms with Crippen LogP contribution in [0.2, 0.25) is 5.02 Å². The number of morpholine rings is 1. The molecule has 2 aromatic heterocycles. The molecule has 0 radical (unpaired) electrons. The summed E-state index contributed by atoms with van der Waals surface area (Å²) in [7, 11) is 1.48. The summed E-state index contributed by atoms with van der Waals surface area (Å²) in [4.78, 5) is 5.27. The molecule has 1 aliphatic carbocycles. The van der Waals surface area contributed by atoms with Gasteiger partial charge in [-0.15, -0.1) is 0 Å². The van der Waals surface area contributed by atoms with Gasteiger partial charge in [0.25, 0.3) is 0 Å². The van der Waals surface area contributed by atoms with Crippen LogP contribution in [-0.2, 0) is 22.3 Å². The molecule has 0 atom stereocenters. The second kappa shape index (κ2) is 11.1. The number of aromatic nitrogens is 3. The molecule has 3 heterocycles. The highest BCUT2D eigenvalue weighted by Crippen LogP contribution is 2.47. The second-order valence-corrected chi connectivity index (χ2v) is 10.7. The number of aromatic amines is 1. The maximum atomic E-state index is 14.3. The van der Waals surface area contributed by atoms with Gasteiger partial charge in [-0.25, -0.2) is 0 Å². The number of nitrogens with one attached hydrogen (secondary N) is 1. The molecular formula is C27H32ClF3N4O4. The minimum Gasteiger partial charge on any atom is -0.491 e. The minimum absolute atomic E-state index is 0.0488. The lowest BCUT2D eigenvalue weighted by Gasteiger charge is -2.41. The molecule has 0 spiro atoms. The molecule has 2 N–H and O–H groups in total. The molecule has 0 bridgehead atoms. The van der Waals surface area contributed by atoms with Crippen LogP contribution >= 0.6 is 11.6 Å². The molecule has 2 aliphatic rings. The van der Waals surface area contributed by atoms with Gasteiger partial charge in [0.1, 0.15) is 12.4 Å². The third-order valence-electron chi connectivity index (χ3n) is 7.33. The van der Waals surface area contributed by atoms with Crippen molar-refractivity contribution in [3.8, 4) is 28.1 Å². The van der Waals surface area contributed by atoms with Crippen molar-refractivity contribution in [1.29, 1.82) is 0 Å². The van der Waals surface area contributed by atoms with E-state index in [0.29, 0.717) is 47.3 Å². The summed E-state index contributed by atoms with van der Waals surface area (Å²) in [5, 5.41) is 14.6. The fourth-order valence-corrected chi connectivity index (χ4v) is 5.68. The zero-order valence-electron chi connectivity index (χ0n) is 21.9. The van der Waals surface area contributed by atoms with E-state index in [1.165, 1.54) is 13.3 Å². The minimum atomic E-state index is -4.66. The van der Waals surface area contributed by atoms with Crippen LogP contribution in [0.1, 0.15) is 37.1 Å². The molecule has 0 unspecified atom stereocenters. The summed E-state index contributed by atoms with van der Waals surface area (Å²) >= 11 is 6.76. The molecular weight excluding hydrogens is 537 g/mol. The first-order valence-corrected chi connectivity index (χ1v) is 13.3. The van der Waals surface area contributed by atoms with Gasteiger partial charge in [0.2, 0.25) is 0 Å². The lowest BCUT2D eigenvalue weighted by molar-refractivity contribution is -0.148. The summed E-state index contributed by atoms with van der Waals surface area (Å²) in [6.07, 6.45) is -1.40. The van der Waals surface area contributed by atoms with Gasteiger partial charge in [0.15, 0.2) is 5.69 Å². The number of H-pyrrole nitrogens is 1. The Balaban J connectivity index is 1.46. The van der Waals surface area contributed by atoms with Crippen LogP contribution < -0.4 is 4.74 Å². The van der Waals surface area contributed by atoms with Crippen molar-refractivity contribution in [3.63, 3.8) is 0 Å². The lowest BCUT2D eigenvalue weighted by atomic mass is 9.77. The Morgan fingerprint density at radius 3 is 2.62 bits per heavy atom. The SMILES string of the molecule is COCc1c(-c2cccc(OCCN3CCOCC3)c2Cl)c[nH]c1-c1cnn([C@H]2C[C@@](C)(O)C2)c1C(F)(F)F. The van der Waals surface area contributed by atoms with Crippen LogP contribution in [-0.4, -0.2) is 76.9 Å². The van der Waals surface area contributed by atoms with E-state index in [-0.39, 0.29) is 30.7 Å². The monoisotopic (exact) mass is 568 g/mol. The fraction of sp³-hybridized carbons (Fsp3) is 0.519. The molecule has 1 saturated carbocycles. The first kappa shape index (κ1) is 28.0. The first-order valence-electron chi connectivity index (χ1n) is 12.9. The molecule has 2 fully saturated rings. The van der Waals surface area contributed by atoms with Gasteiger partial charge in [-0.05, 0) is 25.8 Å². The molecule has 1 aliphatic heterocycles. The zero-order valence-corrected chi connectivity index (χ0v) is 22.6. The molecule has 1 aromatic carbocycles. The second-order valence-electron chi connectivity index (χ2n) is 10.3. The number of benzene rings is 1. The van der Waals surface area contributed by atoms with Gasteiger partial charge in [0.05, 0.1) is 48.4 Å². The molecule has 39 heavy (non-hydrogen) atoms. The average Bonchev–Trinajstić information content (AvgIpc) is 3.49. The van der Waals surface area contributed by atoms with Crippen LogP contribution in [0.3, 0.4) is 0 Å². The maximum absolute atomic E-state index is 14.3. The molecule has 12 heteroatoms. The Morgan fingerprint density at radius 1 is 1.21 bits per heavy atom. The average molecular weight is 569 g/mol. The van der Waals surface area contributed by atoms with E-state index in [1.807, 2.05) is 0 Å². The van der Waals surface area contributed by atoms with E-state index in [1.54, 1.807) is 31.3 Å². The van der Waals surface area contributed by atoms with Crippen molar-refractivity contribution in [2.75, 3.05) is 46.6 Å². The zero-order chi connectivity index (χ0) is 27.8. The van der Waals surface area contributed by atoms with Crippen LogP contribution in [0.5, 0.6) is 5.75 Å². The number of ether oxygens (including phenoxy) is 3. The molecule has 8 nitrogen and oxygen atoms in total. The van der Waals surface area contributed by atoms with Gasteiger partial charge >= 0.3 is 6.18 Å². The molecule has 1 saturated heterocycles. The van der Waals surface area contributed by atoms with Crippen molar-refractivity contribution in [3.05, 3.63) is 46.9 Å². The van der Waals surface area contributed by atoms with Crippen molar-refractivity contribution in [2.45, 2.75) is 44.2 Å². The summed E-state index contributed by atoms with van der Waals surface area (Å²) in [5.41, 5.74) is 0.0733. The number of hydrogen-bond donors (Lipinski definition) is 2. The van der Waals surface area contributed by atoms with Crippen molar-refractivity contribution in [2.24, 2.45) is 0 Å². The van der Waals surface area contributed by atoms with Crippen molar-refractivity contribution in [1.82, 2.24) is 19.7 Å². The molecule has 0 amide bonds. The largest absolute Gasteiger partial charge is 0.491 e. The summed E-state index contributed by atoms with van der Waals surface area (Å²) < 4.78 is 60.8. The Morgan fingerprint density at radius 2 is 1.95 bits per heavy atom. The number of halogens is 4. The van der Waals surface area contributed by atoms with Gasteiger partial charge in [-0.2, -0.15) is 18.3 Å². The summed E-state index contributed by atoms with van der Waals surface area (Å²) in [5.74, 6) is 0.495. The van der Waals surface area contributed by atoms with E-state index in [0.717, 1.165) is 24.3 Å². The topological polar surface area (TPSA) is 84.8 Å². The number of aliphatic hydroxyl groups is 1. The van der Waals surface area contributed by atoms with E-state index in [9.17, 15) is 18.3 Å². The third kappa shape index (κ3) is 5.83. The Bertz CT molecular complexity index is 1290. The quantitative estimate of drug-likeness (QED) is 0.371. The van der Waals surface area contributed by atoms with Crippen LogP contribution in [0.4, 0.5) is 13.2 Å². The van der Waals surface area contributed by atoms with Crippen LogP contribution in [0, 0.1) is 0 Å². The summed E-state index contributed by atoms with van der Waals surface area (Å²) in [6, 6.07) is 4.84. The Labute approximate surface area is 229 Å². The highest BCUT2D eigenvalue weighted by molar-refractivity contribution is 6.34. The number of methoxy groups -OCH3 is 1. The fourth-order valence-electron chi connectivity index (χ4n) is 5.40. The Hall–Kier alpha value is -2.57. The normalized spacial score (nSPS) is 22.2. The van der Waals surface area contributed by atoms with E-state index >= 15 is 0 Å².